The van der Waals surface area contributed by atoms with Crippen LogP contribution in [0.2, 0.25) is 0 Å². The van der Waals surface area contributed by atoms with Gasteiger partial charge in [-0.3, -0.25) is 4.79 Å². The monoisotopic (exact) mass is 371 g/mol. The van der Waals surface area contributed by atoms with E-state index in [2.05, 4.69) is 0 Å². The van der Waals surface area contributed by atoms with Crippen molar-refractivity contribution in [3.05, 3.63) is 59.7 Å². The molecule has 1 amide bonds. The average molecular weight is 371 g/mol. The Morgan fingerprint density at radius 3 is 2.67 bits per heavy atom. The zero-order chi connectivity index (χ0) is 19.2. The van der Waals surface area contributed by atoms with E-state index in [1.54, 1.807) is 18.2 Å². The molecule has 0 saturated carbocycles. The number of morpholine rings is 1. The molecule has 1 aliphatic rings. The number of amides is 1. The summed E-state index contributed by atoms with van der Waals surface area (Å²) in [4.78, 5) is 25.5. The largest absolute Gasteiger partial charge is 0.493 e. The molecular formula is C20H21NO6. The van der Waals surface area contributed by atoms with Gasteiger partial charge in [0.05, 0.1) is 20.3 Å². The molecule has 1 atom stereocenters. The van der Waals surface area contributed by atoms with Crippen LogP contribution in [-0.2, 0) is 16.1 Å². The number of nitrogens with zero attached hydrogens (tertiary/aromatic N) is 1. The fourth-order valence-electron chi connectivity index (χ4n) is 2.87. The number of methoxy groups -OCH3 is 1. The van der Waals surface area contributed by atoms with E-state index < -0.39 is 12.0 Å². The van der Waals surface area contributed by atoms with Gasteiger partial charge in [-0.05, 0) is 23.8 Å². The lowest BCUT2D eigenvalue weighted by molar-refractivity contribution is -0.147. The fraction of sp³-hybridized carbons (Fsp3) is 0.300. The second kappa shape index (κ2) is 8.55. The third kappa shape index (κ3) is 4.38. The number of rotatable bonds is 6. The molecule has 0 bridgehead atoms. The van der Waals surface area contributed by atoms with Crippen LogP contribution < -0.4 is 9.47 Å². The maximum atomic E-state index is 12.8. The highest BCUT2D eigenvalue weighted by Crippen LogP contribution is 2.29. The van der Waals surface area contributed by atoms with Crippen LogP contribution in [0.3, 0.4) is 0 Å². The van der Waals surface area contributed by atoms with E-state index >= 15 is 0 Å². The Morgan fingerprint density at radius 2 is 1.96 bits per heavy atom. The first-order chi connectivity index (χ1) is 13.1. The zero-order valence-electron chi connectivity index (χ0n) is 15.0. The molecule has 1 saturated heterocycles. The molecule has 0 unspecified atom stereocenters. The van der Waals surface area contributed by atoms with E-state index in [-0.39, 0.29) is 19.1 Å². The predicted molar refractivity (Wildman–Crippen MR) is 97.0 cm³/mol. The van der Waals surface area contributed by atoms with Crippen LogP contribution >= 0.6 is 0 Å². The van der Waals surface area contributed by atoms with Gasteiger partial charge < -0.3 is 24.2 Å². The van der Waals surface area contributed by atoms with Crippen molar-refractivity contribution in [3.63, 3.8) is 0 Å². The molecule has 3 rings (SSSR count). The molecule has 142 valence electrons. The van der Waals surface area contributed by atoms with Gasteiger partial charge in [-0.1, -0.05) is 30.3 Å². The summed E-state index contributed by atoms with van der Waals surface area (Å²) in [5.41, 5.74) is 1.35. The number of carbonyl (C=O) groups excluding carboxylic acids is 1. The van der Waals surface area contributed by atoms with Crippen LogP contribution in [-0.4, -0.2) is 54.8 Å². The third-order valence-electron chi connectivity index (χ3n) is 4.32. The van der Waals surface area contributed by atoms with E-state index in [1.165, 1.54) is 12.0 Å². The highest BCUT2D eigenvalue weighted by atomic mass is 16.5. The Bertz CT molecular complexity index is 807. The van der Waals surface area contributed by atoms with Crippen molar-refractivity contribution in [2.24, 2.45) is 0 Å². The minimum atomic E-state index is -1.09. The van der Waals surface area contributed by atoms with E-state index in [0.717, 1.165) is 5.56 Å². The molecule has 2 aromatic carbocycles. The molecule has 1 heterocycles. The second-order valence-electron chi connectivity index (χ2n) is 6.07. The topological polar surface area (TPSA) is 85.3 Å². The van der Waals surface area contributed by atoms with Crippen LogP contribution in [0.5, 0.6) is 11.5 Å². The van der Waals surface area contributed by atoms with Gasteiger partial charge in [0.25, 0.3) is 5.91 Å². The number of ether oxygens (including phenoxy) is 3. The molecule has 7 heteroatoms. The summed E-state index contributed by atoms with van der Waals surface area (Å²) in [5.74, 6) is -0.539. The quantitative estimate of drug-likeness (QED) is 0.838. The Kier molecular flexibility index (Phi) is 5.93. The van der Waals surface area contributed by atoms with Crippen LogP contribution in [0.1, 0.15) is 15.9 Å². The predicted octanol–water partition coefficient (Wildman–Crippen LogP) is 2.20. The van der Waals surface area contributed by atoms with Gasteiger partial charge in [-0.2, -0.15) is 0 Å². The van der Waals surface area contributed by atoms with Gasteiger partial charge in [0.1, 0.15) is 6.61 Å². The Labute approximate surface area is 157 Å². The molecule has 2 aromatic rings. The van der Waals surface area contributed by atoms with Gasteiger partial charge in [-0.25, -0.2) is 4.79 Å². The zero-order valence-corrected chi connectivity index (χ0v) is 15.0. The normalized spacial score (nSPS) is 16.6. The van der Waals surface area contributed by atoms with Crippen molar-refractivity contribution in [2.45, 2.75) is 12.6 Å². The Hall–Kier alpha value is -3.06. The minimum absolute atomic E-state index is 0.0174. The Balaban J connectivity index is 1.76. The SMILES string of the molecule is COc1cc(C(=O)N2CCOC[C@H]2C(=O)O)ccc1OCc1ccccc1. The molecule has 0 spiro atoms. The van der Waals surface area contributed by atoms with Gasteiger partial charge in [0, 0.05) is 12.1 Å². The third-order valence-corrected chi connectivity index (χ3v) is 4.32. The maximum absolute atomic E-state index is 12.8. The number of aliphatic carboxylic acids is 1. The van der Waals surface area contributed by atoms with E-state index in [4.69, 9.17) is 14.2 Å². The van der Waals surface area contributed by atoms with Crippen molar-refractivity contribution in [3.8, 4) is 11.5 Å². The molecule has 1 aliphatic heterocycles. The van der Waals surface area contributed by atoms with Gasteiger partial charge >= 0.3 is 5.97 Å². The molecule has 0 aromatic heterocycles. The summed E-state index contributed by atoms with van der Waals surface area (Å²) in [6.45, 7) is 0.890. The van der Waals surface area contributed by atoms with E-state index in [1.807, 2.05) is 30.3 Å². The lowest BCUT2D eigenvalue weighted by Gasteiger charge is -2.33. The van der Waals surface area contributed by atoms with Crippen LogP contribution in [0, 0.1) is 0 Å². The second-order valence-corrected chi connectivity index (χ2v) is 6.07. The highest BCUT2D eigenvalue weighted by molar-refractivity contribution is 5.97. The summed E-state index contributed by atoms with van der Waals surface area (Å²) >= 11 is 0. The van der Waals surface area contributed by atoms with Crippen molar-refractivity contribution in [1.82, 2.24) is 4.90 Å². The van der Waals surface area contributed by atoms with E-state index in [0.29, 0.717) is 30.3 Å². The Morgan fingerprint density at radius 1 is 1.19 bits per heavy atom. The maximum Gasteiger partial charge on any atom is 0.328 e. The number of hydrogen-bond donors (Lipinski definition) is 1. The van der Waals surface area contributed by atoms with Crippen molar-refractivity contribution in [2.75, 3.05) is 26.9 Å². The average Bonchev–Trinajstić information content (AvgIpc) is 2.72. The first-order valence-electron chi connectivity index (χ1n) is 8.56. The molecule has 1 fully saturated rings. The van der Waals surface area contributed by atoms with Gasteiger partial charge in [-0.15, -0.1) is 0 Å². The molecule has 0 aliphatic carbocycles. The van der Waals surface area contributed by atoms with Gasteiger partial charge in [0.2, 0.25) is 0 Å². The summed E-state index contributed by atoms with van der Waals surface area (Å²) in [6.07, 6.45) is 0. The molecule has 1 N–H and O–H groups in total. The molecular weight excluding hydrogens is 350 g/mol. The smallest absolute Gasteiger partial charge is 0.328 e. The van der Waals surface area contributed by atoms with E-state index in [9.17, 15) is 14.7 Å². The molecule has 27 heavy (non-hydrogen) atoms. The summed E-state index contributed by atoms with van der Waals surface area (Å²) in [5, 5.41) is 9.31. The lowest BCUT2D eigenvalue weighted by Crippen LogP contribution is -2.52. The molecule has 7 nitrogen and oxygen atoms in total. The summed E-state index contributed by atoms with van der Waals surface area (Å²) in [7, 11) is 1.49. The standard InChI is InChI=1S/C20H21NO6/c1-25-18-11-15(19(22)21-9-10-26-13-16(21)20(23)24)7-8-17(18)27-12-14-5-3-2-4-6-14/h2-8,11,16H,9-10,12-13H2,1H3,(H,23,24)/t16-/m0/s1. The number of carboxylic acid groups (broad SMARTS) is 1. The van der Waals surface area contributed by atoms with Crippen molar-refractivity contribution < 1.29 is 28.9 Å². The fourth-order valence-corrected chi connectivity index (χ4v) is 2.87. The number of hydrogen-bond acceptors (Lipinski definition) is 5. The first kappa shape index (κ1) is 18.7. The van der Waals surface area contributed by atoms with Crippen LogP contribution in [0.15, 0.2) is 48.5 Å². The summed E-state index contributed by atoms with van der Waals surface area (Å²) in [6, 6.07) is 13.5. The minimum Gasteiger partial charge on any atom is -0.493 e. The van der Waals surface area contributed by atoms with Crippen molar-refractivity contribution in [1.29, 1.82) is 0 Å². The van der Waals surface area contributed by atoms with Crippen LogP contribution in [0.4, 0.5) is 0 Å². The van der Waals surface area contributed by atoms with Crippen LogP contribution in [0.25, 0.3) is 0 Å². The van der Waals surface area contributed by atoms with Crippen molar-refractivity contribution >= 4 is 11.9 Å². The lowest BCUT2D eigenvalue weighted by atomic mass is 10.1. The number of carbonyl (C=O) groups is 2. The number of carboxylic acids is 1. The number of benzene rings is 2. The first-order valence-corrected chi connectivity index (χ1v) is 8.56. The highest BCUT2D eigenvalue weighted by Gasteiger charge is 2.33. The summed E-state index contributed by atoms with van der Waals surface area (Å²) < 4.78 is 16.3. The van der Waals surface area contributed by atoms with Gasteiger partial charge in [0.15, 0.2) is 17.5 Å². The molecule has 0 radical (unpaired) electrons.